The van der Waals surface area contributed by atoms with E-state index >= 15 is 0 Å². The van der Waals surface area contributed by atoms with Crippen LogP contribution in [0.2, 0.25) is 0 Å². The highest BCUT2D eigenvalue weighted by atomic mass is 16.3. The zero-order chi connectivity index (χ0) is 9.42. The molecule has 0 radical (unpaired) electrons. The van der Waals surface area contributed by atoms with Gasteiger partial charge in [-0.05, 0) is 23.8 Å². The number of Topliss-reactive ketones (excluding diaryl/α,β-unsaturated/α-hetero) is 1. The minimum Gasteiger partial charge on any atom is -0.392 e. The summed E-state index contributed by atoms with van der Waals surface area (Å²) >= 11 is 0. The molecule has 2 rings (SSSR count). The fourth-order valence-corrected chi connectivity index (χ4v) is 2.48. The van der Waals surface area contributed by atoms with Crippen LogP contribution in [0.25, 0.3) is 0 Å². The van der Waals surface area contributed by atoms with Crippen LogP contribution in [0.1, 0.15) is 19.3 Å². The van der Waals surface area contributed by atoms with Gasteiger partial charge in [-0.15, -0.1) is 0 Å². The molecule has 3 nitrogen and oxygen atoms in total. The van der Waals surface area contributed by atoms with Crippen molar-refractivity contribution >= 4 is 5.78 Å². The predicted octanol–water partition coefficient (Wildman–Crippen LogP) is 0.265. The van der Waals surface area contributed by atoms with Gasteiger partial charge in [0.2, 0.25) is 0 Å². The molecule has 3 atom stereocenters. The van der Waals surface area contributed by atoms with Crippen molar-refractivity contribution in [3.63, 3.8) is 0 Å². The van der Waals surface area contributed by atoms with E-state index < -0.39 is 6.10 Å². The van der Waals surface area contributed by atoms with E-state index in [1.807, 2.05) is 0 Å². The van der Waals surface area contributed by atoms with Crippen molar-refractivity contribution in [1.29, 1.82) is 0 Å². The fourth-order valence-electron chi connectivity index (χ4n) is 2.48. The van der Waals surface area contributed by atoms with Crippen molar-refractivity contribution in [2.45, 2.75) is 25.4 Å². The molecular formula is C10H14O3. The van der Waals surface area contributed by atoms with Crippen molar-refractivity contribution in [2.24, 2.45) is 11.8 Å². The van der Waals surface area contributed by atoms with Crippen molar-refractivity contribution in [3.05, 3.63) is 11.6 Å². The number of fused-ring (bicyclic) bond motifs is 1. The standard InChI is InChI=1S/C10H14O3/c11-5-6-3-10(13)8-2-1-7(12)4-9(6)8/h3,8-11,13H,1-2,4-5H2. The Hall–Kier alpha value is -0.670. The number of carbonyl (C=O) groups is 1. The van der Waals surface area contributed by atoms with Crippen LogP contribution >= 0.6 is 0 Å². The third kappa shape index (κ3) is 1.42. The number of carbonyl (C=O) groups excluding carboxylic acids is 1. The average Bonchev–Trinajstić information content (AvgIpc) is 2.42. The Morgan fingerprint density at radius 2 is 2.31 bits per heavy atom. The minimum atomic E-state index is -0.444. The normalized spacial score (nSPS) is 38.8. The highest BCUT2D eigenvalue weighted by Gasteiger charge is 2.39. The molecule has 0 saturated heterocycles. The van der Waals surface area contributed by atoms with Gasteiger partial charge in [0.25, 0.3) is 0 Å². The largest absolute Gasteiger partial charge is 0.392 e. The van der Waals surface area contributed by atoms with Crippen molar-refractivity contribution < 1.29 is 15.0 Å². The molecular weight excluding hydrogens is 168 g/mol. The monoisotopic (exact) mass is 182 g/mol. The topological polar surface area (TPSA) is 57.5 Å². The van der Waals surface area contributed by atoms with Gasteiger partial charge >= 0.3 is 0 Å². The lowest BCUT2D eigenvalue weighted by molar-refractivity contribution is -0.122. The Kier molecular flexibility index (Phi) is 2.22. The summed E-state index contributed by atoms with van der Waals surface area (Å²) in [7, 11) is 0. The summed E-state index contributed by atoms with van der Waals surface area (Å²) in [6, 6.07) is 0. The third-order valence-corrected chi connectivity index (χ3v) is 3.20. The van der Waals surface area contributed by atoms with E-state index in [0.717, 1.165) is 12.0 Å². The first kappa shape index (κ1) is 8.91. The molecule has 3 heteroatoms. The third-order valence-electron chi connectivity index (χ3n) is 3.20. The number of hydrogen-bond donors (Lipinski definition) is 2. The molecule has 0 aromatic carbocycles. The summed E-state index contributed by atoms with van der Waals surface area (Å²) in [6.45, 7) is -0.0223. The lowest BCUT2D eigenvalue weighted by Crippen LogP contribution is -2.29. The zero-order valence-corrected chi connectivity index (χ0v) is 7.44. The molecule has 2 aliphatic carbocycles. The lowest BCUT2D eigenvalue weighted by Gasteiger charge is -2.28. The van der Waals surface area contributed by atoms with Gasteiger partial charge in [0.15, 0.2) is 0 Å². The Balaban J connectivity index is 2.17. The molecule has 0 aromatic rings. The smallest absolute Gasteiger partial charge is 0.133 e. The number of aliphatic hydroxyl groups excluding tert-OH is 2. The molecule has 3 unspecified atom stereocenters. The molecule has 2 N–H and O–H groups in total. The molecule has 72 valence electrons. The number of ketones is 1. The van der Waals surface area contributed by atoms with Gasteiger partial charge in [-0.25, -0.2) is 0 Å². The van der Waals surface area contributed by atoms with Gasteiger partial charge in [0.05, 0.1) is 12.7 Å². The first-order chi connectivity index (χ1) is 6.22. The summed E-state index contributed by atoms with van der Waals surface area (Å²) in [5, 5.41) is 18.6. The number of hydrogen-bond acceptors (Lipinski definition) is 3. The highest BCUT2D eigenvalue weighted by molar-refractivity contribution is 5.80. The fraction of sp³-hybridized carbons (Fsp3) is 0.700. The van der Waals surface area contributed by atoms with Crippen LogP contribution < -0.4 is 0 Å². The van der Waals surface area contributed by atoms with Gasteiger partial charge in [0, 0.05) is 12.8 Å². The van der Waals surface area contributed by atoms with E-state index in [1.165, 1.54) is 0 Å². The molecule has 0 spiro atoms. The Bertz CT molecular complexity index is 257. The van der Waals surface area contributed by atoms with Crippen LogP contribution in [0.5, 0.6) is 0 Å². The first-order valence-corrected chi connectivity index (χ1v) is 4.73. The van der Waals surface area contributed by atoms with E-state index in [9.17, 15) is 9.90 Å². The molecule has 0 aliphatic heterocycles. The van der Waals surface area contributed by atoms with Gasteiger partial charge in [0.1, 0.15) is 5.78 Å². The Labute approximate surface area is 77.1 Å². The molecule has 0 bridgehead atoms. The highest BCUT2D eigenvalue weighted by Crippen LogP contribution is 2.40. The summed E-state index contributed by atoms with van der Waals surface area (Å²) in [5.41, 5.74) is 0.852. The zero-order valence-electron chi connectivity index (χ0n) is 7.44. The maximum Gasteiger partial charge on any atom is 0.133 e. The van der Waals surface area contributed by atoms with E-state index in [1.54, 1.807) is 6.08 Å². The van der Waals surface area contributed by atoms with E-state index in [0.29, 0.717) is 12.8 Å². The van der Waals surface area contributed by atoms with E-state index in [-0.39, 0.29) is 24.2 Å². The van der Waals surface area contributed by atoms with Crippen molar-refractivity contribution in [1.82, 2.24) is 0 Å². The lowest BCUT2D eigenvalue weighted by atomic mass is 9.77. The number of rotatable bonds is 1. The molecule has 1 saturated carbocycles. The molecule has 2 aliphatic rings. The van der Waals surface area contributed by atoms with Crippen molar-refractivity contribution in [3.8, 4) is 0 Å². The summed E-state index contributed by atoms with van der Waals surface area (Å²) in [4.78, 5) is 11.2. The van der Waals surface area contributed by atoms with Gasteiger partial charge in [-0.3, -0.25) is 4.79 Å². The van der Waals surface area contributed by atoms with Gasteiger partial charge in [-0.2, -0.15) is 0 Å². The molecule has 13 heavy (non-hydrogen) atoms. The molecule has 0 aromatic heterocycles. The number of aliphatic hydroxyl groups is 2. The van der Waals surface area contributed by atoms with Crippen LogP contribution in [0.4, 0.5) is 0 Å². The second-order valence-electron chi connectivity index (χ2n) is 3.94. The summed E-state index contributed by atoms with van der Waals surface area (Å²) < 4.78 is 0. The van der Waals surface area contributed by atoms with E-state index in [2.05, 4.69) is 0 Å². The molecule has 0 heterocycles. The van der Waals surface area contributed by atoms with E-state index in [4.69, 9.17) is 5.11 Å². The average molecular weight is 182 g/mol. The van der Waals surface area contributed by atoms with Crippen LogP contribution in [-0.2, 0) is 4.79 Å². The van der Waals surface area contributed by atoms with Crippen molar-refractivity contribution in [2.75, 3.05) is 6.61 Å². The summed E-state index contributed by atoms with van der Waals surface area (Å²) in [5.74, 6) is 0.552. The molecule has 1 fully saturated rings. The first-order valence-electron chi connectivity index (χ1n) is 4.73. The predicted molar refractivity (Wildman–Crippen MR) is 47.0 cm³/mol. The van der Waals surface area contributed by atoms with Gasteiger partial charge < -0.3 is 10.2 Å². The Morgan fingerprint density at radius 1 is 1.54 bits per heavy atom. The van der Waals surface area contributed by atoms with Crippen LogP contribution in [-0.4, -0.2) is 28.7 Å². The second kappa shape index (κ2) is 3.24. The minimum absolute atomic E-state index is 0.0223. The SMILES string of the molecule is O=C1CCC2C(O)C=C(CO)C2C1. The quantitative estimate of drug-likeness (QED) is 0.572. The molecule has 0 amide bonds. The van der Waals surface area contributed by atoms with Crippen LogP contribution in [0.3, 0.4) is 0 Å². The maximum absolute atomic E-state index is 11.2. The Morgan fingerprint density at radius 3 is 3.00 bits per heavy atom. The van der Waals surface area contributed by atoms with Crippen LogP contribution in [0.15, 0.2) is 11.6 Å². The summed E-state index contributed by atoms with van der Waals surface area (Å²) in [6.07, 6.45) is 3.14. The second-order valence-corrected chi connectivity index (χ2v) is 3.94. The maximum atomic E-state index is 11.2. The van der Waals surface area contributed by atoms with Crippen LogP contribution in [0, 0.1) is 11.8 Å². The van der Waals surface area contributed by atoms with Gasteiger partial charge in [-0.1, -0.05) is 6.08 Å².